The van der Waals surface area contributed by atoms with Crippen LogP contribution in [0.3, 0.4) is 0 Å². The number of amides is 3. The fourth-order valence-electron chi connectivity index (χ4n) is 1.99. The molecule has 29 heavy (non-hydrogen) atoms. The largest absolute Gasteiger partial charge is 0.481 e. The van der Waals surface area contributed by atoms with E-state index >= 15 is 0 Å². The molecule has 14 nitrogen and oxygen atoms in total. The molecule has 9 N–H and O–H groups in total. The first-order valence-electron chi connectivity index (χ1n) is 8.27. The third kappa shape index (κ3) is 9.48. The third-order valence-corrected chi connectivity index (χ3v) is 3.54. The number of aliphatic carboxylic acids is 3. The fraction of sp³-hybridized carbons (Fsp3) is 0.600. The van der Waals surface area contributed by atoms with Crippen LogP contribution >= 0.6 is 0 Å². The lowest BCUT2D eigenvalue weighted by atomic mass is 10.1. The number of nitrogens with one attached hydrogen (secondary N) is 3. The first-order valence-corrected chi connectivity index (χ1v) is 8.27. The molecule has 5 unspecified atom stereocenters. The Morgan fingerprint density at radius 1 is 0.793 bits per heavy atom. The van der Waals surface area contributed by atoms with Crippen LogP contribution in [0.4, 0.5) is 0 Å². The second kappa shape index (κ2) is 11.6. The summed E-state index contributed by atoms with van der Waals surface area (Å²) in [6.45, 7) is 2.28. The maximum atomic E-state index is 12.2. The summed E-state index contributed by atoms with van der Waals surface area (Å²) >= 11 is 0. The average molecular weight is 420 g/mol. The minimum Gasteiger partial charge on any atom is -0.481 e. The molecule has 0 heterocycles. The predicted molar refractivity (Wildman–Crippen MR) is 93.3 cm³/mol. The Balaban J connectivity index is 5.10. The molecule has 0 aliphatic heterocycles. The Labute approximate surface area is 164 Å². The van der Waals surface area contributed by atoms with Crippen molar-refractivity contribution in [1.29, 1.82) is 0 Å². The maximum absolute atomic E-state index is 12.2. The average Bonchev–Trinajstić information content (AvgIpc) is 2.56. The summed E-state index contributed by atoms with van der Waals surface area (Å²) in [7, 11) is 0. The molecule has 0 aliphatic carbocycles. The Morgan fingerprint density at radius 3 is 1.72 bits per heavy atom. The van der Waals surface area contributed by atoms with Crippen LogP contribution < -0.4 is 21.7 Å². The highest BCUT2D eigenvalue weighted by atomic mass is 16.4. The lowest BCUT2D eigenvalue weighted by molar-refractivity contribution is -0.145. The second-order valence-corrected chi connectivity index (χ2v) is 6.16. The van der Waals surface area contributed by atoms with Crippen LogP contribution in [0.25, 0.3) is 0 Å². The van der Waals surface area contributed by atoms with Crippen LogP contribution in [0.15, 0.2) is 0 Å². The third-order valence-electron chi connectivity index (χ3n) is 3.54. The fourth-order valence-corrected chi connectivity index (χ4v) is 1.99. The number of hydrogen-bond acceptors (Lipinski definition) is 8. The van der Waals surface area contributed by atoms with E-state index in [4.69, 9.17) is 21.1 Å². The molecule has 3 amide bonds. The molecule has 0 saturated heterocycles. The molecular formula is C15H24N4O10. The quantitative estimate of drug-likeness (QED) is 0.152. The minimum atomic E-state index is -1.68. The van der Waals surface area contributed by atoms with E-state index in [1.165, 1.54) is 0 Å². The molecule has 0 radical (unpaired) electrons. The number of rotatable bonds is 12. The normalized spacial score (nSPS) is 15.7. The number of hydrogen-bond donors (Lipinski definition) is 8. The molecule has 0 aliphatic rings. The first-order chi connectivity index (χ1) is 13.3. The zero-order valence-electron chi connectivity index (χ0n) is 15.6. The standard InChI is InChI=1S/C15H24N4O10/c1-5(12(25)19-11(6(2)20)15(28)29)17-14(27)8(4-10(23)24)18-13(26)7(16)3-9(21)22/h5-8,11,20H,3-4,16H2,1-2H3,(H,17,27)(H,18,26)(H,19,25)(H,21,22)(H,23,24)(H,28,29). The molecule has 0 rings (SSSR count). The van der Waals surface area contributed by atoms with E-state index < -0.39 is 78.7 Å². The van der Waals surface area contributed by atoms with Gasteiger partial charge in [-0.2, -0.15) is 0 Å². The molecule has 14 heteroatoms. The van der Waals surface area contributed by atoms with Crippen molar-refractivity contribution in [1.82, 2.24) is 16.0 Å². The molecule has 0 aromatic rings. The summed E-state index contributed by atoms with van der Waals surface area (Å²) in [6, 6.07) is -6.23. The van der Waals surface area contributed by atoms with E-state index in [1.54, 1.807) is 0 Å². The highest BCUT2D eigenvalue weighted by Crippen LogP contribution is 1.99. The van der Waals surface area contributed by atoms with E-state index in [0.717, 1.165) is 13.8 Å². The molecule has 164 valence electrons. The molecular weight excluding hydrogens is 396 g/mol. The molecule has 0 spiro atoms. The number of nitrogens with two attached hydrogens (primary N) is 1. The summed E-state index contributed by atoms with van der Waals surface area (Å²) in [4.78, 5) is 68.6. The van der Waals surface area contributed by atoms with Gasteiger partial charge in [-0.15, -0.1) is 0 Å². The first kappa shape index (κ1) is 25.7. The van der Waals surface area contributed by atoms with Crippen LogP contribution in [0, 0.1) is 0 Å². The Hall–Kier alpha value is -3.26. The number of carbonyl (C=O) groups is 6. The van der Waals surface area contributed by atoms with Crippen LogP contribution in [-0.4, -0.2) is 86.3 Å². The van der Waals surface area contributed by atoms with Gasteiger partial charge >= 0.3 is 17.9 Å². The maximum Gasteiger partial charge on any atom is 0.328 e. The summed E-state index contributed by atoms with van der Waals surface area (Å²) in [5.41, 5.74) is 5.34. The van der Waals surface area contributed by atoms with Crippen molar-refractivity contribution < 1.29 is 49.2 Å². The van der Waals surface area contributed by atoms with E-state index in [2.05, 4.69) is 5.32 Å². The molecule has 0 bridgehead atoms. The van der Waals surface area contributed by atoms with Gasteiger partial charge < -0.3 is 42.1 Å². The van der Waals surface area contributed by atoms with Crippen molar-refractivity contribution in [2.45, 2.75) is 57.0 Å². The summed E-state index contributed by atoms with van der Waals surface area (Å²) in [5, 5.41) is 41.8. The minimum absolute atomic E-state index is 0.762. The number of aliphatic hydroxyl groups is 1. The van der Waals surface area contributed by atoms with Gasteiger partial charge in [0.1, 0.15) is 12.1 Å². The number of carboxylic acids is 3. The van der Waals surface area contributed by atoms with Gasteiger partial charge in [-0.3, -0.25) is 24.0 Å². The van der Waals surface area contributed by atoms with Gasteiger partial charge in [0.2, 0.25) is 17.7 Å². The van der Waals surface area contributed by atoms with Crippen molar-refractivity contribution >= 4 is 35.6 Å². The van der Waals surface area contributed by atoms with Gasteiger partial charge in [0.05, 0.1) is 25.0 Å². The molecule has 0 aromatic heterocycles. The monoisotopic (exact) mass is 420 g/mol. The van der Waals surface area contributed by atoms with E-state index in [1.807, 2.05) is 10.6 Å². The van der Waals surface area contributed by atoms with Crippen molar-refractivity contribution in [3.8, 4) is 0 Å². The van der Waals surface area contributed by atoms with E-state index in [9.17, 15) is 33.9 Å². The second-order valence-electron chi connectivity index (χ2n) is 6.16. The Kier molecular flexibility index (Phi) is 10.3. The smallest absolute Gasteiger partial charge is 0.328 e. The number of carboxylic acid groups (broad SMARTS) is 3. The molecule has 0 fully saturated rings. The van der Waals surface area contributed by atoms with Gasteiger partial charge in [0.15, 0.2) is 6.04 Å². The summed E-state index contributed by atoms with van der Waals surface area (Å²) in [5.74, 6) is -7.57. The highest BCUT2D eigenvalue weighted by molar-refractivity contribution is 5.96. The van der Waals surface area contributed by atoms with Crippen LogP contribution in [-0.2, 0) is 28.8 Å². The van der Waals surface area contributed by atoms with E-state index in [-0.39, 0.29) is 0 Å². The molecule has 0 saturated carbocycles. The van der Waals surface area contributed by atoms with Gasteiger partial charge in [0, 0.05) is 0 Å². The van der Waals surface area contributed by atoms with Crippen molar-refractivity contribution in [3.05, 3.63) is 0 Å². The highest BCUT2D eigenvalue weighted by Gasteiger charge is 2.31. The number of carbonyl (C=O) groups excluding carboxylic acids is 3. The van der Waals surface area contributed by atoms with Crippen molar-refractivity contribution in [3.63, 3.8) is 0 Å². The predicted octanol–water partition coefficient (Wildman–Crippen LogP) is -3.80. The van der Waals surface area contributed by atoms with Crippen LogP contribution in [0.1, 0.15) is 26.7 Å². The van der Waals surface area contributed by atoms with Crippen molar-refractivity contribution in [2.24, 2.45) is 5.73 Å². The van der Waals surface area contributed by atoms with Gasteiger partial charge in [-0.1, -0.05) is 0 Å². The Bertz CT molecular complexity index is 665. The summed E-state index contributed by atoms with van der Waals surface area (Å²) in [6.07, 6.45) is -3.09. The molecule has 0 aromatic carbocycles. The molecule has 5 atom stereocenters. The zero-order valence-corrected chi connectivity index (χ0v) is 15.6. The Morgan fingerprint density at radius 2 is 1.31 bits per heavy atom. The van der Waals surface area contributed by atoms with Crippen molar-refractivity contribution in [2.75, 3.05) is 0 Å². The van der Waals surface area contributed by atoms with E-state index in [0.29, 0.717) is 0 Å². The number of aliphatic hydroxyl groups excluding tert-OH is 1. The summed E-state index contributed by atoms with van der Waals surface area (Å²) < 4.78 is 0. The van der Waals surface area contributed by atoms with Gasteiger partial charge in [-0.25, -0.2) is 4.79 Å². The SMILES string of the molecule is CC(NC(=O)C(CC(=O)O)NC(=O)C(N)CC(=O)O)C(=O)NC(C(=O)O)C(C)O. The lowest BCUT2D eigenvalue weighted by Gasteiger charge is -2.23. The topological polar surface area (TPSA) is 245 Å². The van der Waals surface area contributed by atoms with Gasteiger partial charge in [-0.05, 0) is 13.8 Å². The lowest BCUT2D eigenvalue weighted by Crippen LogP contribution is -2.57. The zero-order chi connectivity index (χ0) is 22.9. The van der Waals surface area contributed by atoms with Crippen LogP contribution in [0.2, 0.25) is 0 Å². The van der Waals surface area contributed by atoms with Gasteiger partial charge in [0.25, 0.3) is 0 Å². The van der Waals surface area contributed by atoms with Crippen LogP contribution in [0.5, 0.6) is 0 Å².